The van der Waals surface area contributed by atoms with Crippen molar-refractivity contribution in [1.82, 2.24) is 9.38 Å². The normalized spacial score (nSPS) is 23.1. The minimum atomic E-state index is 0.0198. The van der Waals surface area contributed by atoms with Gasteiger partial charge in [-0.15, -0.1) is 0 Å². The van der Waals surface area contributed by atoms with Gasteiger partial charge in [0.05, 0.1) is 12.3 Å². The fourth-order valence-electron chi connectivity index (χ4n) is 3.49. The van der Waals surface area contributed by atoms with Gasteiger partial charge in [-0.2, -0.15) is 0 Å². The molecule has 1 aliphatic carbocycles. The van der Waals surface area contributed by atoms with Crippen molar-refractivity contribution >= 4 is 11.5 Å². The summed E-state index contributed by atoms with van der Waals surface area (Å²) in [6.07, 6.45) is 7.10. The minimum absolute atomic E-state index is 0.0198. The summed E-state index contributed by atoms with van der Waals surface area (Å²) in [5.74, 6) is 1.61. The van der Waals surface area contributed by atoms with Crippen LogP contribution in [-0.2, 0) is 6.61 Å². The second-order valence-corrected chi connectivity index (χ2v) is 5.91. The molecule has 1 fully saturated rings. The first-order chi connectivity index (χ1) is 9.72. The van der Waals surface area contributed by atoms with Gasteiger partial charge in [-0.05, 0) is 30.9 Å². The molecule has 2 atom stereocenters. The van der Waals surface area contributed by atoms with E-state index < -0.39 is 0 Å². The molecule has 0 amide bonds. The van der Waals surface area contributed by atoms with Crippen LogP contribution in [0.4, 0.5) is 5.82 Å². The molecule has 0 radical (unpaired) electrons. The zero-order valence-electron chi connectivity index (χ0n) is 12.3. The number of rotatable bonds is 3. The Hall–Kier alpha value is -1.55. The van der Waals surface area contributed by atoms with Crippen LogP contribution in [-0.4, -0.2) is 27.6 Å². The van der Waals surface area contributed by atoms with Crippen LogP contribution < -0.4 is 4.90 Å². The molecular formula is C16H23N3O. The van der Waals surface area contributed by atoms with Crippen LogP contribution in [0, 0.1) is 5.92 Å². The van der Waals surface area contributed by atoms with Crippen molar-refractivity contribution in [2.24, 2.45) is 5.92 Å². The smallest absolute Gasteiger partial charge is 0.153 e. The van der Waals surface area contributed by atoms with E-state index in [2.05, 4.69) is 18.9 Å². The van der Waals surface area contributed by atoms with E-state index in [0.717, 1.165) is 17.2 Å². The number of anilines is 1. The van der Waals surface area contributed by atoms with Crippen LogP contribution in [0.1, 0.15) is 38.3 Å². The molecule has 1 aliphatic rings. The summed E-state index contributed by atoms with van der Waals surface area (Å²) < 4.78 is 1.99. The highest BCUT2D eigenvalue weighted by Gasteiger charge is 2.28. The molecule has 2 aromatic heterocycles. The van der Waals surface area contributed by atoms with Gasteiger partial charge >= 0.3 is 0 Å². The number of fused-ring (bicyclic) bond motifs is 1. The summed E-state index contributed by atoms with van der Waals surface area (Å²) in [7, 11) is 2.12. The van der Waals surface area contributed by atoms with Gasteiger partial charge in [-0.1, -0.05) is 25.8 Å². The van der Waals surface area contributed by atoms with E-state index in [-0.39, 0.29) is 6.61 Å². The number of aliphatic hydroxyl groups is 1. The highest BCUT2D eigenvalue weighted by Crippen LogP contribution is 2.32. The second-order valence-electron chi connectivity index (χ2n) is 5.91. The molecule has 2 unspecified atom stereocenters. The van der Waals surface area contributed by atoms with Gasteiger partial charge in [0, 0.05) is 19.3 Å². The van der Waals surface area contributed by atoms with E-state index in [9.17, 15) is 5.11 Å². The quantitative estimate of drug-likeness (QED) is 0.935. The Bertz CT molecular complexity index is 592. The van der Waals surface area contributed by atoms with Crippen molar-refractivity contribution < 1.29 is 5.11 Å². The second kappa shape index (κ2) is 5.44. The molecule has 0 aromatic carbocycles. The summed E-state index contributed by atoms with van der Waals surface area (Å²) in [6, 6.07) is 6.47. The zero-order valence-corrected chi connectivity index (χ0v) is 12.3. The molecule has 0 spiro atoms. The summed E-state index contributed by atoms with van der Waals surface area (Å²) in [5.41, 5.74) is 1.79. The Morgan fingerprint density at radius 2 is 2.15 bits per heavy atom. The molecule has 0 bridgehead atoms. The Balaban J connectivity index is 2.00. The van der Waals surface area contributed by atoms with Crippen LogP contribution in [0.3, 0.4) is 0 Å². The molecule has 1 N–H and O–H groups in total. The van der Waals surface area contributed by atoms with E-state index in [4.69, 9.17) is 4.98 Å². The first-order valence-electron chi connectivity index (χ1n) is 7.52. The predicted molar refractivity (Wildman–Crippen MR) is 80.9 cm³/mol. The van der Waals surface area contributed by atoms with Crippen molar-refractivity contribution in [3.05, 3.63) is 30.1 Å². The molecule has 0 saturated heterocycles. The Morgan fingerprint density at radius 1 is 1.35 bits per heavy atom. The predicted octanol–water partition coefficient (Wildman–Crippen LogP) is 2.84. The van der Waals surface area contributed by atoms with Crippen LogP contribution in [0.15, 0.2) is 24.4 Å². The maximum Gasteiger partial charge on any atom is 0.153 e. The fraction of sp³-hybridized carbons (Fsp3) is 0.562. The van der Waals surface area contributed by atoms with Gasteiger partial charge in [-0.25, -0.2) is 4.98 Å². The lowest BCUT2D eigenvalue weighted by molar-refractivity contribution is 0.274. The van der Waals surface area contributed by atoms with E-state index >= 15 is 0 Å². The number of aliphatic hydroxyl groups excluding tert-OH is 1. The van der Waals surface area contributed by atoms with E-state index in [1.54, 1.807) is 0 Å². The van der Waals surface area contributed by atoms with Crippen LogP contribution in [0.25, 0.3) is 5.65 Å². The van der Waals surface area contributed by atoms with E-state index in [1.807, 2.05) is 28.8 Å². The van der Waals surface area contributed by atoms with Crippen LogP contribution >= 0.6 is 0 Å². The molecule has 20 heavy (non-hydrogen) atoms. The summed E-state index contributed by atoms with van der Waals surface area (Å²) >= 11 is 0. The maximum atomic E-state index is 9.73. The molecule has 1 saturated carbocycles. The van der Waals surface area contributed by atoms with Crippen molar-refractivity contribution in [2.75, 3.05) is 11.9 Å². The standard InChI is InChI=1S/C16H23N3O/c1-12-7-3-4-8-13(12)18(2)16-14(11-20)19-10-6-5-9-15(19)17-16/h5-6,9-10,12-13,20H,3-4,7-8,11H2,1-2H3. The number of pyridine rings is 1. The molecule has 2 aromatic rings. The van der Waals surface area contributed by atoms with Crippen molar-refractivity contribution in [2.45, 2.75) is 45.3 Å². The van der Waals surface area contributed by atoms with Crippen molar-refractivity contribution in [3.63, 3.8) is 0 Å². The highest BCUT2D eigenvalue weighted by atomic mass is 16.3. The van der Waals surface area contributed by atoms with E-state index in [1.165, 1.54) is 25.7 Å². The zero-order chi connectivity index (χ0) is 14.1. The van der Waals surface area contributed by atoms with Crippen LogP contribution in [0.5, 0.6) is 0 Å². The third-order valence-corrected chi connectivity index (χ3v) is 4.66. The maximum absolute atomic E-state index is 9.73. The van der Waals surface area contributed by atoms with Gasteiger partial charge in [0.1, 0.15) is 5.65 Å². The highest BCUT2D eigenvalue weighted by molar-refractivity contribution is 5.56. The lowest BCUT2D eigenvalue weighted by atomic mass is 9.85. The molecular weight excluding hydrogens is 250 g/mol. The third kappa shape index (κ3) is 2.18. The number of nitrogens with zero attached hydrogens (tertiary/aromatic N) is 3. The number of hydrogen-bond donors (Lipinski definition) is 1. The first kappa shape index (κ1) is 13.4. The monoisotopic (exact) mass is 273 g/mol. The summed E-state index contributed by atoms with van der Waals surface area (Å²) in [6.45, 7) is 2.35. The number of imidazole rings is 1. The van der Waals surface area contributed by atoms with Crippen molar-refractivity contribution in [1.29, 1.82) is 0 Å². The summed E-state index contributed by atoms with van der Waals surface area (Å²) in [5, 5.41) is 9.73. The minimum Gasteiger partial charge on any atom is -0.390 e. The van der Waals surface area contributed by atoms with Gasteiger partial charge in [-0.3, -0.25) is 4.40 Å². The van der Waals surface area contributed by atoms with Gasteiger partial charge in [0.25, 0.3) is 0 Å². The fourth-order valence-corrected chi connectivity index (χ4v) is 3.49. The molecule has 4 nitrogen and oxygen atoms in total. The SMILES string of the molecule is CC1CCCCC1N(C)c1nc2ccccn2c1CO. The molecule has 4 heteroatoms. The molecule has 2 heterocycles. The van der Waals surface area contributed by atoms with Crippen molar-refractivity contribution in [3.8, 4) is 0 Å². The average molecular weight is 273 g/mol. The number of aromatic nitrogens is 2. The van der Waals surface area contributed by atoms with Gasteiger partial charge in [0.15, 0.2) is 5.82 Å². The largest absolute Gasteiger partial charge is 0.390 e. The Morgan fingerprint density at radius 3 is 2.90 bits per heavy atom. The van der Waals surface area contributed by atoms with Gasteiger partial charge in [0.2, 0.25) is 0 Å². The first-order valence-corrected chi connectivity index (χ1v) is 7.52. The van der Waals surface area contributed by atoms with Gasteiger partial charge < -0.3 is 10.0 Å². The number of hydrogen-bond acceptors (Lipinski definition) is 3. The Kier molecular flexibility index (Phi) is 3.66. The third-order valence-electron chi connectivity index (χ3n) is 4.66. The Labute approximate surface area is 120 Å². The average Bonchev–Trinajstić information content (AvgIpc) is 2.85. The van der Waals surface area contributed by atoms with Crippen LogP contribution in [0.2, 0.25) is 0 Å². The summed E-state index contributed by atoms with van der Waals surface area (Å²) in [4.78, 5) is 7.00. The molecule has 0 aliphatic heterocycles. The topological polar surface area (TPSA) is 40.8 Å². The van der Waals surface area contributed by atoms with E-state index in [0.29, 0.717) is 12.0 Å². The lowest BCUT2D eigenvalue weighted by Crippen LogP contribution is -2.39. The lowest BCUT2D eigenvalue weighted by Gasteiger charge is -2.36. The molecule has 108 valence electrons. The molecule has 3 rings (SSSR count).